The molecule has 0 amide bonds. The van der Waals surface area contributed by atoms with Gasteiger partial charge >= 0.3 is 0 Å². The van der Waals surface area contributed by atoms with Crippen molar-refractivity contribution in [3.8, 4) is 0 Å². The summed E-state index contributed by atoms with van der Waals surface area (Å²) in [4.78, 5) is 0. The van der Waals surface area contributed by atoms with Crippen molar-refractivity contribution in [2.75, 3.05) is 0 Å². The Balaban J connectivity index is 2.39. The van der Waals surface area contributed by atoms with Gasteiger partial charge in [0.1, 0.15) is 0 Å². The minimum Gasteiger partial charge on any atom is -0.352 e. The van der Waals surface area contributed by atoms with Crippen LogP contribution in [0.3, 0.4) is 0 Å². The van der Waals surface area contributed by atoms with Crippen molar-refractivity contribution in [2.24, 2.45) is 0 Å². The van der Waals surface area contributed by atoms with Crippen LogP contribution >= 0.6 is 31.9 Å². The highest BCUT2D eigenvalue weighted by atomic mass is 79.9. The van der Waals surface area contributed by atoms with E-state index >= 15 is 0 Å². The maximum absolute atomic E-state index is 5.26. The highest BCUT2D eigenvalue weighted by Gasteiger charge is 1.96. The Kier molecular flexibility index (Phi) is 4.12. The molecule has 0 aliphatic heterocycles. The van der Waals surface area contributed by atoms with Gasteiger partial charge in [0.15, 0.2) is 3.92 Å². The zero-order valence-corrected chi connectivity index (χ0v) is 9.01. The lowest BCUT2D eigenvalue weighted by Gasteiger charge is -2.03. The second-order valence-corrected chi connectivity index (χ2v) is 4.95. The Labute approximate surface area is 83.0 Å². The van der Waals surface area contributed by atoms with Crippen LogP contribution < -0.4 is 0 Å². The Hall–Kier alpha value is 0.140. The minimum absolute atomic E-state index is 0.0600. The van der Waals surface area contributed by atoms with Gasteiger partial charge in [-0.25, -0.2) is 0 Å². The van der Waals surface area contributed by atoms with Crippen LogP contribution in [0, 0.1) is 0 Å². The highest BCUT2D eigenvalue weighted by molar-refractivity contribution is 9.24. The first-order valence-corrected chi connectivity index (χ1v) is 5.06. The number of rotatable bonds is 3. The smallest absolute Gasteiger partial charge is 0.167 e. The van der Waals surface area contributed by atoms with Crippen molar-refractivity contribution >= 4 is 31.9 Å². The van der Waals surface area contributed by atoms with Crippen LogP contribution in [0.15, 0.2) is 30.3 Å². The lowest BCUT2D eigenvalue weighted by atomic mass is 10.2. The molecule has 1 rings (SSSR count). The van der Waals surface area contributed by atoms with Crippen molar-refractivity contribution in [3.63, 3.8) is 0 Å². The molecular weight excluding hydrogens is 272 g/mol. The van der Waals surface area contributed by atoms with E-state index in [0.717, 1.165) is 0 Å². The third-order valence-electron chi connectivity index (χ3n) is 1.22. The molecule has 0 atom stereocenters. The molecule has 11 heavy (non-hydrogen) atoms. The van der Waals surface area contributed by atoms with Gasteiger partial charge in [-0.3, -0.25) is 0 Å². The lowest BCUT2D eigenvalue weighted by Crippen LogP contribution is -1.94. The third-order valence-corrected chi connectivity index (χ3v) is 1.75. The van der Waals surface area contributed by atoms with Crippen molar-refractivity contribution in [2.45, 2.75) is 10.5 Å². The molecular formula is C8H8Br2O. The minimum atomic E-state index is -0.0600. The molecule has 0 radical (unpaired) electrons. The van der Waals surface area contributed by atoms with Crippen molar-refractivity contribution < 1.29 is 4.74 Å². The van der Waals surface area contributed by atoms with E-state index in [1.807, 2.05) is 30.3 Å². The number of hydrogen-bond acceptors (Lipinski definition) is 1. The van der Waals surface area contributed by atoms with Gasteiger partial charge in [-0.1, -0.05) is 30.3 Å². The van der Waals surface area contributed by atoms with Crippen LogP contribution in [0.25, 0.3) is 0 Å². The summed E-state index contributed by atoms with van der Waals surface area (Å²) in [5.74, 6) is 0. The Morgan fingerprint density at radius 1 is 1.18 bits per heavy atom. The van der Waals surface area contributed by atoms with Crippen molar-refractivity contribution in [1.82, 2.24) is 0 Å². The molecule has 1 nitrogen and oxygen atoms in total. The van der Waals surface area contributed by atoms with E-state index in [0.29, 0.717) is 6.61 Å². The summed E-state index contributed by atoms with van der Waals surface area (Å²) in [7, 11) is 0. The molecule has 0 heterocycles. The normalized spacial score (nSPS) is 10.5. The predicted octanol–water partition coefficient (Wildman–Crippen LogP) is 3.28. The molecule has 0 aromatic heterocycles. The maximum Gasteiger partial charge on any atom is 0.167 e. The first kappa shape index (κ1) is 9.23. The molecule has 0 aliphatic rings. The van der Waals surface area contributed by atoms with Gasteiger partial charge in [0, 0.05) is 0 Å². The molecule has 0 saturated carbocycles. The van der Waals surface area contributed by atoms with Crippen LogP contribution in [0.1, 0.15) is 5.56 Å². The van der Waals surface area contributed by atoms with Gasteiger partial charge in [-0.2, -0.15) is 0 Å². The number of ether oxygens (including phenoxy) is 1. The summed E-state index contributed by atoms with van der Waals surface area (Å²) in [6.45, 7) is 0.627. The zero-order valence-electron chi connectivity index (χ0n) is 5.84. The Morgan fingerprint density at radius 2 is 1.82 bits per heavy atom. The van der Waals surface area contributed by atoms with Gasteiger partial charge < -0.3 is 4.74 Å². The van der Waals surface area contributed by atoms with E-state index in [-0.39, 0.29) is 3.92 Å². The number of alkyl halides is 2. The summed E-state index contributed by atoms with van der Waals surface area (Å²) in [6, 6.07) is 10.0. The van der Waals surface area contributed by atoms with Gasteiger partial charge in [-0.05, 0) is 37.4 Å². The summed E-state index contributed by atoms with van der Waals surface area (Å²) >= 11 is 6.45. The molecule has 0 bridgehead atoms. The molecule has 60 valence electrons. The number of halogens is 2. The Morgan fingerprint density at radius 3 is 2.36 bits per heavy atom. The molecule has 0 spiro atoms. The van der Waals surface area contributed by atoms with Gasteiger partial charge in [0.25, 0.3) is 0 Å². The fraction of sp³-hybridized carbons (Fsp3) is 0.250. The third kappa shape index (κ3) is 3.89. The average molecular weight is 280 g/mol. The lowest BCUT2D eigenvalue weighted by molar-refractivity contribution is 0.156. The number of hydrogen-bond donors (Lipinski definition) is 0. The second kappa shape index (κ2) is 4.91. The van der Waals surface area contributed by atoms with Crippen LogP contribution in [0.4, 0.5) is 0 Å². The molecule has 3 heteroatoms. The summed E-state index contributed by atoms with van der Waals surface area (Å²) < 4.78 is 5.20. The predicted molar refractivity (Wildman–Crippen MR) is 52.9 cm³/mol. The van der Waals surface area contributed by atoms with Gasteiger partial charge in [-0.15, -0.1) is 0 Å². The number of benzene rings is 1. The summed E-state index contributed by atoms with van der Waals surface area (Å²) in [6.07, 6.45) is 0. The molecule has 1 aromatic carbocycles. The van der Waals surface area contributed by atoms with Crippen LogP contribution in [0.2, 0.25) is 0 Å². The van der Waals surface area contributed by atoms with Crippen LogP contribution in [0.5, 0.6) is 0 Å². The molecule has 0 aliphatic carbocycles. The monoisotopic (exact) mass is 278 g/mol. The van der Waals surface area contributed by atoms with Crippen LogP contribution in [-0.4, -0.2) is 3.92 Å². The molecule has 0 N–H and O–H groups in total. The SMILES string of the molecule is BrC(Br)OCc1ccccc1. The van der Waals surface area contributed by atoms with E-state index in [1.165, 1.54) is 5.56 Å². The van der Waals surface area contributed by atoms with E-state index in [4.69, 9.17) is 4.74 Å². The summed E-state index contributed by atoms with van der Waals surface area (Å²) in [5, 5.41) is 0. The zero-order chi connectivity index (χ0) is 8.10. The fourth-order valence-electron chi connectivity index (χ4n) is 0.733. The highest BCUT2D eigenvalue weighted by Crippen LogP contribution is 2.12. The maximum atomic E-state index is 5.26. The standard InChI is InChI=1S/C8H8Br2O/c9-8(10)11-6-7-4-2-1-3-5-7/h1-5,8H,6H2. The topological polar surface area (TPSA) is 9.23 Å². The summed E-state index contributed by atoms with van der Waals surface area (Å²) in [5.41, 5.74) is 1.18. The van der Waals surface area contributed by atoms with E-state index < -0.39 is 0 Å². The van der Waals surface area contributed by atoms with Crippen molar-refractivity contribution in [3.05, 3.63) is 35.9 Å². The van der Waals surface area contributed by atoms with Crippen molar-refractivity contribution in [1.29, 1.82) is 0 Å². The quantitative estimate of drug-likeness (QED) is 0.772. The molecule has 1 aromatic rings. The van der Waals surface area contributed by atoms with E-state index in [9.17, 15) is 0 Å². The fourth-order valence-corrected chi connectivity index (χ4v) is 0.998. The van der Waals surface area contributed by atoms with Gasteiger partial charge in [0.2, 0.25) is 0 Å². The average Bonchev–Trinajstić information content (AvgIpc) is 2.03. The van der Waals surface area contributed by atoms with Gasteiger partial charge in [0.05, 0.1) is 6.61 Å². The van der Waals surface area contributed by atoms with E-state index in [1.54, 1.807) is 0 Å². The second-order valence-electron chi connectivity index (χ2n) is 2.06. The van der Waals surface area contributed by atoms with Crippen LogP contribution in [-0.2, 0) is 11.3 Å². The first-order chi connectivity index (χ1) is 5.29. The molecule has 0 saturated heterocycles. The largest absolute Gasteiger partial charge is 0.352 e. The first-order valence-electron chi connectivity index (χ1n) is 3.23. The molecule has 0 unspecified atom stereocenters. The van der Waals surface area contributed by atoms with E-state index in [2.05, 4.69) is 31.9 Å². The Bertz CT molecular complexity index is 199. The molecule has 0 fully saturated rings.